The number of sulfone groups is 1. The second kappa shape index (κ2) is 9.76. The van der Waals surface area contributed by atoms with Gasteiger partial charge in [0.1, 0.15) is 5.75 Å². The Morgan fingerprint density at radius 1 is 1.13 bits per heavy atom. The lowest BCUT2D eigenvalue weighted by atomic mass is 10.1. The van der Waals surface area contributed by atoms with E-state index in [0.29, 0.717) is 23.5 Å². The van der Waals surface area contributed by atoms with Gasteiger partial charge in [-0.25, -0.2) is 8.42 Å². The molecule has 0 saturated carbocycles. The van der Waals surface area contributed by atoms with E-state index in [1.165, 1.54) is 11.3 Å². The average Bonchev–Trinajstić information content (AvgIpc) is 3.08. The molecule has 166 valence electrons. The quantitative estimate of drug-likeness (QED) is 0.513. The van der Waals surface area contributed by atoms with Crippen molar-refractivity contribution in [3.8, 4) is 5.75 Å². The SMILES string of the molecule is COCCn1c(=NC(=O)Cc2ccc(S(=O)(=O)C(C)C)cc2)sc2cc(OC)ccc21. The molecule has 0 aliphatic rings. The van der Waals surface area contributed by atoms with Gasteiger partial charge in [0.25, 0.3) is 5.91 Å². The average molecular weight is 463 g/mol. The van der Waals surface area contributed by atoms with Crippen LogP contribution in [0.1, 0.15) is 19.4 Å². The Balaban J connectivity index is 1.89. The highest BCUT2D eigenvalue weighted by Crippen LogP contribution is 2.23. The Hall–Kier alpha value is -2.49. The Labute approximate surface area is 185 Å². The fourth-order valence-electron chi connectivity index (χ4n) is 3.05. The minimum atomic E-state index is -3.34. The summed E-state index contributed by atoms with van der Waals surface area (Å²) in [6.07, 6.45) is 0.0872. The van der Waals surface area contributed by atoms with Crippen molar-refractivity contribution in [3.63, 3.8) is 0 Å². The first-order valence-corrected chi connectivity index (χ1v) is 12.2. The van der Waals surface area contributed by atoms with E-state index in [9.17, 15) is 13.2 Å². The molecule has 1 amide bonds. The van der Waals surface area contributed by atoms with Crippen LogP contribution in [-0.2, 0) is 32.3 Å². The molecule has 3 aromatic rings. The van der Waals surface area contributed by atoms with Gasteiger partial charge in [0.2, 0.25) is 0 Å². The van der Waals surface area contributed by atoms with E-state index < -0.39 is 15.1 Å². The molecule has 0 aliphatic heterocycles. The van der Waals surface area contributed by atoms with Crippen molar-refractivity contribution in [2.45, 2.75) is 37.0 Å². The number of benzene rings is 2. The van der Waals surface area contributed by atoms with Gasteiger partial charge in [-0.1, -0.05) is 23.5 Å². The fraction of sp³-hybridized carbons (Fsp3) is 0.364. The largest absolute Gasteiger partial charge is 0.497 e. The molecule has 9 heteroatoms. The first kappa shape index (κ1) is 23.2. The van der Waals surface area contributed by atoms with Crippen molar-refractivity contribution in [1.82, 2.24) is 4.57 Å². The van der Waals surface area contributed by atoms with Crippen molar-refractivity contribution >= 4 is 37.3 Å². The van der Waals surface area contributed by atoms with Crippen LogP contribution >= 0.6 is 11.3 Å². The number of amides is 1. The third kappa shape index (κ3) is 5.23. The summed E-state index contributed by atoms with van der Waals surface area (Å²) in [7, 11) is -0.0983. The van der Waals surface area contributed by atoms with E-state index >= 15 is 0 Å². The highest BCUT2D eigenvalue weighted by Gasteiger charge is 2.19. The summed E-state index contributed by atoms with van der Waals surface area (Å²) in [5, 5.41) is -0.496. The Morgan fingerprint density at radius 2 is 1.84 bits per heavy atom. The summed E-state index contributed by atoms with van der Waals surface area (Å²) < 4.78 is 37.9. The molecule has 0 bridgehead atoms. The summed E-state index contributed by atoms with van der Waals surface area (Å²) in [5.41, 5.74) is 1.67. The molecule has 1 heterocycles. The highest BCUT2D eigenvalue weighted by molar-refractivity contribution is 7.92. The van der Waals surface area contributed by atoms with E-state index in [2.05, 4.69) is 4.99 Å². The van der Waals surface area contributed by atoms with Crippen molar-refractivity contribution in [3.05, 3.63) is 52.8 Å². The summed E-state index contributed by atoms with van der Waals surface area (Å²) in [5.74, 6) is 0.436. The number of hydrogen-bond acceptors (Lipinski definition) is 6. The van der Waals surface area contributed by atoms with Crippen LogP contribution in [0.4, 0.5) is 0 Å². The fourth-order valence-corrected chi connectivity index (χ4v) is 5.22. The summed E-state index contributed by atoms with van der Waals surface area (Å²) in [6, 6.07) is 12.1. The first-order chi connectivity index (χ1) is 14.8. The standard InChI is InChI=1S/C22H26N2O5S2/c1-15(2)31(26,27)18-8-5-16(6-9-18)13-21(25)23-22-24(11-12-28-3)19-10-7-17(29-4)14-20(19)30-22/h5-10,14-15H,11-13H2,1-4H3. The van der Waals surface area contributed by atoms with Gasteiger partial charge in [0, 0.05) is 13.7 Å². The van der Waals surface area contributed by atoms with Crippen LogP contribution in [0, 0.1) is 0 Å². The number of hydrogen-bond donors (Lipinski definition) is 0. The van der Waals surface area contributed by atoms with Gasteiger partial charge >= 0.3 is 0 Å². The van der Waals surface area contributed by atoms with Gasteiger partial charge in [-0.2, -0.15) is 4.99 Å². The van der Waals surface area contributed by atoms with Crippen LogP contribution in [0.3, 0.4) is 0 Å². The van der Waals surface area contributed by atoms with E-state index in [1.54, 1.807) is 52.3 Å². The van der Waals surface area contributed by atoms with Crippen molar-refractivity contribution in [1.29, 1.82) is 0 Å². The number of carbonyl (C=O) groups is 1. The number of thiazole rings is 1. The van der Waals surface area contributed by atoms with Crippen LogP contribution in [0.15, 0.2) is 52.4 Å². The van der Waals surface area contributed by atoms with Crippen molar-refractivity contribution in [2.75, 3.05) is 20.8 Å². The second-order valence-corrected chi connectivity index (χ2v) is 10.8. The van der Waals surface area contributed by atoms with E-state index in [-0.39, 0.29) is 17.2 Å². The lowest BCUT2D eigenvalue weighted by molar-refractivity contribution is -0.117. The van der Waals surface area contributed by atoms with Gasteiger partial charge in [-0.05, 0) is 49.7 Å². The smallest absolute Gasteiger partial charge is 0.252 e. The molecular formula is C22H26N2O5S2. The second-order valence-electron chi connectivity index (χ2n) is 7.28. The molecule has 0 radical (unpaired) electrons. The van der Waals surface area contributed by atoms with Gasteiger partial charge in [-0.3, -0.25) is 4.79 Å². The topological polar surface area (TPSA) is 87.0 Å². The molecule has 31 heavy (non-hydrogen) atoms. The number of fused-ring (bicyclic) bond motifs is 1. The maximum absolute atomic E-state index is 12.7. The lowest BCUT2D eigenvalue weighted by Gasteiger charge is -2.08. The molecule has 0 spiro atoms. The zero-order valence-corrected chi connectivity index (χ0v) is 19.6. The number of aromatic nitrogens is 1. The maximum atomic E-state index is 12.7. The first-order valence-electron chi connectivity index (χ1n) is 9.83. The molecule has 0 unspecified atom stereocenters. The van der Waals surface area contributed by atoms with E-state index in [1.807, 2.05) is 22.8 Å². The van der Waals surface area contributed by atoms with Crippen LogP contribution < -0.4 is 9.54 Å². The van der Waals surface area contributed by atoms with Gasteiger partial charge in [0.05, 0.1) is 40.5 Å². The molecule has 0 aliphatic carbocycles. The van der Waals surface area contributed by atoms with Crippen molar-refractivity contribution < 1.29 is 22.7 Å². The molecule has 3 rings (SSSR count). The van der Waals surface area contributed by atoms with Crippen LogP contribution in [0.5, 0.6) is 5.75 Å². The molecule has 0 fully saturated rings. The molecule has 7 nitrogen and oxygen atoms in total. The Kier molecular flexibility index (Phi) is 7.30. The maximum Gasteiger partial charge on any atom is 0.252 e. The molecule has 0 N–H and O–H groups in total. The van der Waals surface area contributed by atoms with Gasteiger partial charge < -0.3 is 14.0 Å². The number of methoxy groups -OCH3 is 2. The molecule has 0 saturated heterocycles. The highest BCUT2D eigenvalue weighted by atomic mass is 32.2. The van der Waals surface area contributed by atoms with Crippen LogP contribution in [-0.4, -0.2) is 45.0 Å². The van der Waals surface area contributed by atoms with Crippen molar-refractivity contribution in [2.24, 2.45) is 4.99 Å². The molecule has 0 atom stereocenters. The zero-order valence-electron chi connectivity index (χ0n) is 18.0. The minimum absolute atomic E-state index is 0.0872. The number of nitrogens with zero attached hydrogens (tertiary/aromatic N) is 2. The van der Waals surface area contributed by atoms with Crippen LogP contribution in [0.2, 0.25) is 0 Å². The Morgan fingerprint density at radius 3 is 2.45 bits per heavy atom. The predicted molar refractivity (Wildman–Crippen MR) is 121 cm³/mol. The van der Waals surface area contributed by atoms with E-state index in [0.717, 1.165) is 16.0 Å². The Bertz CT molecular complexity index is 1240. The van der Waals surface area contributed by atoms with Gasteiger partial charge in [0.15, 0.2) is 14.6 Å². The predicted octanol–water partition coefficient (Wildman–Crippen LogP) is 3.21. The third-order valence-corrected chi connectivity index (χ3v) is 8.07. The van der Waals surface area contributed by atoms with Crippen LogP contribution in [0.25, 0.3) is 10.2 Å². The number of rotatable bonds is 8. The zero-order chi connectivity index (χ0) is 22.6. The third-order valence-electron chi connectivity index (χ3n) is 4.86. The van der Waals surface area contributed by atoms with Gasteiger partial charge in [-0.15, -0.1) is 0 Å². The van der Waals surface area contributed by atoms with E-state index in [4.69, 9.17) is 9.47 Å². The minimum Gasteiger partial charge on any atom is -0.497 e. The monoisotopic (exact) mass is 462 g/mol. The lowest BCUT2D eigenvalue weighted by Crippen LogP contribution is -2.19. The summed E-state index contributed by atoms with van der Waals surface area (Å²) >= 11 is 1.41. The molecular weight excluding hydrogens is 436 g/mol. The molecule has 2 aromatic carbocycles. The summed E-state index contributed by atoms with van der Waals surface area (Å²) in [6.45, 7) is 4.35. The normalized spacial score (nSPS) is 12.6. The summed E-state index contributed by atoms with van der Waals surface area (Å²) in [4.78, 5) is 17.8. The number of ether oxygens (including phenoxy) is 2. The number of carbonyl (C=O) groups excluding carboxylic acids is 1. The molecule has 1 aromatic heterocycles.